The minimum atomic E-state index is -1.42. The standard InChI is InChI=1S/C18H28FN3O3/c1-20-8-10-21(2)13-18(24)7-4-9-22(17(18)23)12-14-11-15(25-3)5-6-16(14)19/h5-6,11,20,24H,4,7-10,12-13H2,1-3H3. The molecule has 0 radical (unpaired) electrons. The molecule has 2 rings (SSSR count). The Morgan fingerprint density at radius 3 is 2.92 bits per heavy atom. The van der Waals surface area contributed by atoms with E-state index in [0.29, 0.717) is 30.7 Å². The molecule has 0 bridgehead atoms. The highest BCUT2D eigenvalue weighted by Gasteiger charge is 2.42. The zero-order valence-corrected chi connectivity index (χ0v) is 15.2. The van der Waals surface area contributed by atoms with Gasteiger partial charge in [-0.1, -0.05) is 0 Å². The Hall–Kier alpha value is -1.70. The number of methoxy groups -OCH3 is 1. The van der Waals surface area contributed by atoms with E-state index >= 15 is 0 Å². The van der Waals surface area contributed by atoms with Crippen molar-refractivity contribution in [3.05, 3.63) is 29.6 Å². The lowest BCUT2D eigenvalue weighted by atomic mass is 9.90. The second kappa shape index (κ2) is 8.60. The molecule has 140 valence electrons. The third-order valence-electron chi connectivity index (χ3n) is 4.59. The Morgan fingerprint density at radius 2 is 2.24 bits per heavy atom. The number of amides is 1. The summed E-state index contributed by atoms with van der Waals surface area (Å²) in [5.41, 5.74) is -1.03. The number of aliphatic hydroxyl groups is 1. The Kier molecular flexibility index (Phi) is 6.75. The van der Waals surface area contributed by atoms with Crippen molar-refractivity contribution in [3.8, 4) is 5.75 Å². The molecule has 2 N–H and O–H groups in total. The molecule has 0 aromatic heterocycles. The van der Waals surface area contributed by atoms with Gasteiger partial charge in [-0.3, -0.25) is 4.79 Å². The molecule has 6 nitrogen and oxygen atoms in total. The van der Waals surface area contributed by atoms with Gasteiger partial charge in [0.05, 0.1) is 7.11 Å². The van der Waals surface area contributed by atoms with Crippen LogP contribution in [-0.2, 0) is 11.3 Å². The Labute approximate surface area is 148 Å². The number of rotatable bonds is 8. The lowest BCUT2D eigenvalue weighted by Crippen LogP contribution is -2.58. The molecule has 1 atom stereocenters. The predicted octanol–water partition coefficient (Wildman–Crippen LogP) is 0.839. The van der Waals surface area contributed by atoms with Gasteiger partial charge in [-0.25, -0.2) is 4.39 Å². The highest BCUT2D eigenvalue weighted by Crippen LogP contribution is 2.26. The number of piperidine rings is 1. The van der Waals surface area contributed by atoms with Crippen molar-refractivity contribution in [1.82, 2.24) is 15.1 Å². The first-order chi connectivity index (χ1) is 11.9. The van der Waals surface area contributed by atoms with Crippen LogP contribution in [0.1, 0.15) is 18.4 Å². The van der Waals surface area contributed by atoms with Crippen LogP contribution in [0.4, 0.5) is 4.39 Å². The van der Waals surface area contributed by atoms with Crippen LogP contribution in [0.5, 0.6) is 5.75 Å². The van der Waals surface area contributed by atoms with Gasteiger partial charge in [0, 0.05) is 38.3 Å². The van der Waals surface area contributed by atoms with E-state index in [1.807, 2.05) is 19.0 Å². The Morgan fingerprint density at radius 1 is 1.48 bits per heavy atom. The summed E-state index contributed by atoms with van der Waals surface area (Å²) in [6, 6.07) is 4.47. The van der Waals surface area contributed by atoms with Crippen LogP contribution in [-0.4, -0.2) is 73.8 Å². The first kappa shape index (κ1) is 19.6. The average molecular weight is 353 g/mol. The fourth-order valence-corrected chi connectivity index (χ4v) is 3.20. The summed E-state index contributed by atoms with van der Waals surface area (Å²) in [7, 11) is 5.25. The number of halogens is 1. The van der Waals surface area contributed by atoms with E-state index in [2.05, 4.69) is 5.32 Å². The number of hydrogen-bond donors (Lipinski definition) is 2. The average Bonchev–Trinajstić information content (AvgIpc) is 2.59. The molecule has 1 amide bonds. The summed E-state index contributed by atoms with van der Waals surface area (Å²) in [5.74, 6) is -0.172. The second-order valence-electron chi connectivity index (χ2n) is 6.66. The topological polar surface area (TPSA) is 65.0 Å². The molecular weight excluding hydrogens is 325 g/mol. The van der Waals surface area contributed by atoms with Gasteiger partial charge >= 0.3 is 0 Å². The van der Waals surface area contributed by atoms with Gasteiger partial charge in [0.1, 0.15) is 11.6 Å². The van der Waals surface area contributed by atoms with Crippen LogP contribution < -0.4 is 10.1 Å². The molecule has 1 unspecified atom stereocenters. The molecule has 1 aromatic rings. The molecule has 0 saturated carbocycles. The Balaban J connectivity index is 2.08. The van der Waals surface area contributed by atoms with Gasteiger partial charge in [0.2, 0.25) is 0 Å². The molecule has 25 heavy (non-hydrogen) atoms. The quantitative estimate of drug-likeness (QED) is 0.725. The van der Waals surface area contributed by atoms with E-state index in [1.54, 1.807) is 12.1 Å². The molecule has 7 heteroatoms. The maximum atomic E-state index is 14.1. The fraction of sp³-hybridized carbons (Fsp3) is 0.611. The molecule has 1 aromatic carbocycles. The van der Waals surface area contributed by atoms with Crippen LogP contribution in [0.2, 0.25) is 0 Å². The van der Waals surface area contributed by atoms with E-state index in [9.17, 15) is 14.3 Å². The maximum absolute atomic E-state index is 14.1. The number of nitrogens with zero attached hydrogens (tertiary/aromatic N) is 2. The largest absolute Gasteiger partial charge is 0.497 e. The number of likely N-dealkylation sites (N-methyl/N-ethyl adjacent to an activating group) is 2. The number of carbonyl (C=O) groups is 1. The Bertz CT molecular complexity index is 599. The number of benzene rings is 1. The molecule has 0 aliphatic carbocycles. The highest BCUT2D eigenvalue weighted by atomic mass is 19.1. The van der Waals surface area contributed by atoms with Crippen molar-refractivity contribution in [1.29, 1.82) is 0 Å². The molecule has 1 aliphatic rings. The molecule has 1 saturated heterocycles. The van der Waals surface area contributed by atoms with Crippen molar-refractivity contribution < 1.29 is 19.0 Å². The third-order valence-corrected chi connectivity index (χ3v) is 4.59. The number of likely N-dealkylation sites (tertiary alicyclic amines) is 1. The van der Waals surface area contributed by atoms with Crippen molar-refractivity contribution >= 4 is 5.91 Å². The van der Waals surface area contributed by atoms with E-state index in [0.717, 1.165) is 13.1 Å². The van der Waals surface area contributed by atoms with Gasteiger partial charge < -0.3 is 25.0 Å². The predicted molar refractivity (Wildman–Crippen MR) is 94.0 cm³/mol. The lowest BCUT2D eigenvalue weighted by molar-refractivity contribution is -0.159. The first-order valence-corrected chi connectivity index (χ1v) is 8.57. The van der Waals surface area contributed by atoms with Crippen molar-refractivity contribution in [2.75, 3.05) is 47.4 Å². The molecule has 1 fully saturated rings. The normalized spacial score (nSPS) is 21.0. The van der Waals surface area contributed by atoms with E-state index in [4.69, 9.17) is 4.74 Å². The molecule has 0 spiro atoms. The number of carbonyl (C=O) groups excluding carboxylic acids is 1. The van der Waals surface area contributed by atoms with Crippen LogP contribution in [0.15, 0.2) is 18.2 Å². The molecule has 1 aliphatic heterocycles. The smallest absolute Gasteiger partial charge is 0.256 e. The minimum absolute atomic E-state index is 0.129. The summed E-state index contributed by atoms with van der Waals surface area (Å²) in [6.07, 6.45) is 1.11. The summed E-state index contributed by atoms with van der Waals surface area (Å²) >= 11 is 0. The molecule has 1 heterocycles. The zero-order chi connectivity index (χ0) is 18.4. The zero-order valence-electron chi connectivity index (χ0n) is 15.2. The van der Waals surface area contributed by atoms with Crippen LogP contribution in [0, 0.1) is 5.82 Å². The van der Waals surface area contributed by atoms with E-state index in [-0.39, 0.29) is 24.8 Å². The van der Waals surface area contributed by atoms with E-state index < -0.39 is 5.60 Å². The monoisotopic (exact) mass is 353 g/mol. The number of hydrogen-bond acceptors (Lipinski definition) is 5. The van der Waals surface area contributed by atoms with Gasteiger partial charge in [-0.2, -0.15) is 0 Å². The summed E-state index contributed by atoms with van der Waals surface area (Å²) < 4.78 is 19.2. The highest BCUT2D eigenvalue weighted by molar-refractivity contribution is 5.86. The first-order valence-electron chi connectivity index (χ1n) is 8.57. The van der Waals surface area contributed by atoms with E-state index in [1.165, 1.54) is 18.1 Å². The van der Waals surface area contributed by atoms with Gasteiger partial charge in [0.25, 0.3) is 5.91 Å². The lowest BCUT2D eigenvalue weighted by Gasteiger charge is -2.40. The van der Waals surface area contributed by atoms with Crippen molar-refractivity contribution in [2.24, 2.45) is 0 Å². The van der Waals surface area contributed by atoms with Gasteiger partial charge in [0.15, 0.2) is 5.60 Å². The number of ether oxygens (including phenoxy) is 1. The van der Waals surface area contributed by atoms with Gasteiger partial charge in [-0.15, -0.1) is 0 Å². The van der Waals surface area contributed by atoms with Crippen molar-refractivity contribution in [2.45, 2.75) is 25.0 Å². The number of nitrogens with one attached hydrogen (secondary N) is 1. The fourth-order valence-electron chi connectivity index (χ4n) is 3.20. The third kappa shape index (κ3) is 4.90. The van der Waals surface area contributed by atoms with Crippen molar-refractivity contribution in [3.63, 3.8) is 0 Å². The summed E-state index contributed by atoms with van der Waals surface area (Å²) in [5, 5.41) is 13.9. The van der Waals surface area contributed by atoms with Crippen LogP contribution in [0.3, 0.4) is 0 Å². The molecular formula is C18H28FN3O3. The summed E-state index contributed by atoms with van der Waals surface area (Å²) in [6.45, 7) is 2.42. The van der Waals surface area contributed by atoms with Crippen LogP contribution >= 0.6 is 0 Å². The van der Waals surface area contributed by atoms with Crippen LogP contribution in [0.25, 0.3) is 0 Å². The second-order valence-corrected chi connectivity index (χ2v) is 6.66. The summed E-state index contributed by atoms with van der Waals surface area (Å²) in [4.78, 5) is 16.3. The SMILES string of the molecule is CNCCN(C)CC1(O)CCCN(Cc2cc(OC)ccc2F)C1=O. The van der Waals surface area contributed by atoms with Gasteiger partial charge in [-0.05, 0) is 45.1 Å². The maximum Gasteiger partial charge on any atom is 0.256 e. The minimum Gasteiger partial charge on any atom is -0.497 e.